The number of piperidine rings is 1. The number of pyridine rings is 1. The van der Waals surface area contributed by atoms with Crippen LogP contribution in [0.25, 0.3) is 22.4 Å². The van der Waals surface area contributed by atoms with E-state index in [0.717, 1.165) is 47.0 Å². The van der Waals surface area contributed by atoms with E-state index in [9.17, 15) is 0 Å². The normalized spacial score (nSPS) is 19.0. The molecule has 28 heavy (non-hydrogen) atoms. The molecule has 0 amide bonds. The van der Waals surface area contributed by atoms with Crippen LogP contribution in [0.3, 0.4) is 0 Å². The fourth-order valence-corrected chi connectivity index (χ4v) is 4.59. The van der Waals surface area contributed by atoms with Crippen LogP contribution in [0.5, 0.6) is 0 Å². The summed E-state index contributed by atoms with van der Waals surface area (Å²) in [5.74, 6) is 0.475. The van der Waals surface area contributed by atoms with Crippen molar-refractivity contribution in [3.8, 4) is 11.5 Å². The first kappa shape index (κ1) is 18.3. The van der Waals surface area contributed by atoms with Crippen molar-refractivity contribution in [3.05, 3.63) is 33.6 Å². The van der Waals surface area contributed by atoms with Gasteiger partial charge in [0.05, 0.1) is 24.4 Å². The monoisotopic (exact) mass is 464 g/mol. The smallest absolute Gasteiger partial charge is 0.263 e. The van der Waals surface area contributed by atoms with Gasteiger partial charge >= 0.3 is 0 Å². The molecule has 146 valence electrons. The molecule has 1 spiro atoms. The van der Waals surface area contributed by atoms with Gasteiger partial charge in [-0.05, 0) is 25.1 Å². The topological polar surface area (TPSA) is 73.5 Å². The summed E-state index contributed by atoms with van der Waals surface area (Å²) in [7, 11) is 0. The zero-order chi connectivity index (χ0) is 19.3. The molecule has 5 rings (SSSR count). The van der Waals surface area contributed by atoms with Crippen molar-refractivity contribution in [2.24, 2.45) is 0 Å². The number of nitrogens with zero attached hydrogens (tertiary/aromatic N) is 4. The van der Waals surface area contributed by atoms with Gasteiger partial charge in [-0.15, -0.1) is 0 Å². The molecule has 7 nitrogen and oxygen atoms in total. The molecule has 2 aliphatic rings. The molecule has 0 aliphatic carbocycles. The van der Waals surface area contributed by atoms with Crippen LogP contribution in [0, 0.1) is 6.92 Å². The first-order valence-corrected chi connectivity index (χ1v) is 10.3. The number of aromatic nitrogens is 3. The van der Waals surface area contributed by atoms with E-state index in [1.54, 1.807) is 6.92 Å². The van der Waals surface area contributed by atoms with Crippen LogP contribution >= 0.6 is 27.5 Å². The van der Waals surface area contributed by atoms with Gasteiger partial charge in [-0.25, -0.2) is 4.98 Å². The van der Waals surface area contributed by atoms with Gasteiger partial charge in [-0.3, -0.25) is 0 Å². The maximum atomic E-state index is 6.61. The van der Waals surface area contributed by atoms with Gasteiger partial charge in [0.1, 0.15) is 10.7 Å². The molecule has 2 aromatic heterocycles. The Hall–Kier alpha value is -1.74. The third kappa shape index (κ3) is 3.08. The lowest BCUT2D eigenvalue weighted by atomic mass is 10.0. The summed E-state index contributed by atoms with van der Waals surface area (Å²) in [6, 6.07) is 5.96. The number of halogens is 2. The summed E-state index contributed by atoms with van der Waals surface area (Å²) in [4.78, 5) is 11.3. The molecule has 0 unspecified atom stereocenters. The average molecular weight is 466 g/mol. The highest BCUT2D eigenvalue weighted by atomic mass is 79.9. The molecule has 0 bridgehead atoms. The minimum Gasteiger partial charge on any atom is -0.370 e. The zero-order valence-electron chi connectivity index (χ0n) is 15.2. The SMILES string of the molecule is Cc1noc(-c2c(Cl)nc3ccc(Br)cc3c2N2CCC3(CC2)OCCO3)n1. The molecule has 4 heterocycles. The average Bonchev–Trinajstić information content (AvgIpc) is 3.31. The van der Waals surface area contributed by atoms with E-state index in [0.29, 0.717) is 35.6 Å². The van der Waals surface area contributed by atoms with Gasteiger partial charge < -0.3 is 18.9 Å². The van der Waals surface area contributed by atoms with E-state index in [2.05, 4.69) is 36.0 Å². The maximum Gasteiger partial charge on any atom is 0.263 e. The van der Waals surface area contributed by atoms with Crippen molar-refractivity contribution in [2.45, 2.75) is 25.6 Å². The summed E-state index contributed by atoms with van der Waals surface area (Å²) in [5.41, 5.74) is 2.43. The fraction of sp³-hybridized carbons (Fsp3) is 0.421. The quantitative estimate of drug-likeness (QED) is 0.521. The van der Waals surface area contributed by atoms with Crippen LogP contribution < -0.4 is 4.90 Å². The van der Waals surface area contributed by atoms with Crippen LogP contribution in [0.15, 0.2) is 27.2 Å². The molecule has 9 heteroatoms. The molecular weight excluding hydrogens is 448 g/mol. The first-order chi connectivity index (χ1) is 13.5. The standard InChI is InChI=1S/C19H18BrClN4O3/c1-11-22-18(28-24-11)15-16(13-10-12(20)2-3-14(13)23-17(15)21)25-6-4-19(5-7-25)26-8-9-27-19/h2-3,10H,4-9H2,1H3. The van der Waals surface area contributed by atoms with Gasteiger partial charge in [-0.2, -0.15) is 4.98 Å². The Bertz CT molecular complexity index is 1040. The fourth-order valence-electron chi connectivity index (χ4n) is 3.96. The molecule has 2 fully saturated rings. The lowest BCUT2D eigenvalue weighted by Crippen LogP contribution is -2.45. The third-order valence-electron chi connectivity index (χ3n) is 5.27. The Balaban J connectivity index is 1.66. The van der Waals surface area contributed by atoms with Crippen LogP contribution in [-0.2, 0) is 9.47 Å². The van der Waals surface area contributed by atoms with E-state index in [1.165, 1.54) is 0 Å². The number of benzene rings is 1. The second-order valence-corrected chi connectivity index (χ2v) is 8.30. The van der Waals surface area contributed by atoms with E-state index in [1.807, 2.05) is 18.2 Å². The molecule has 2 saturated heterocycles. The number of ether oxygens (including phenoxy) is 2. The highest BCUT2D eigenvalue weighted by Gasteiger charge is 2.41. The molecule has 1 aromatic carbocycles. The summed E-state index contributed by atoms with van der Waals surface area (Å²) >= 11 is 10.2. The van der Waals surface area contributed by atoms with E-state index in [4.69, 9.17) is 25.6 Å². The Kier molecular flexibility index (Phi) is 4.54. The Morgan fingerprint density at radius 1 is 1.14 bits per heavy atom. The molecule has 2 aliphatic heterocycles. The van der Waals surface area contributed by atoms with Crippen LogP contribution in [0.2, 0.25) is 5.15 Å². The van der Waals surface area contributed by atoms with E-state index in [-0.39, 0.29) is 0 Å². The van der Waals surface area contributed by atoms with Gasteiger partial charge in [-0.1, -0.05) is 32.7 Å². The lowest BCUT2D eigenvalue weighted by Gasteiger charge is -2.39. The Morgan fingerprint density at radius 2 is 1.89 bits per heavy atom. The lowest BCUT2D eigenvalue weighted by molar-refractivity contribution is -0.169. The Morgan fingerprint density at radius 3 is 2.57 bits per heavy atom. The van der Waals surface area contributed by atoms with Crippen molar-refractivity contribution in [1.29, 1.82) is 0 Å². The molecule has 0 saturated carbocycles. The maximum absolute atomic E-state index is 6.61. The van der Waals surface area contributed by atoms with E-state index < -0.39 is 5.79 Å². The van der Waals surface area contributed by atoms with E-state index >= 15 is 0 Å². The first-order valence-electron chi connectivity index (χ1n) is 9.17. The van der Waals surface area contributed by atoms with Crippen LogP contribution in [0.1, 0.15) is 18.7 Å². The third-order valence-corrected chi connectivity index (χ3v) is 6.04. The minimum absolute atomic E-state index is 0.349. The summed E-state index contributed by atoms with van der Waals surface area (Å²) < 4.78 is 18.2. The van der Waals surface area contributed by atoms with Crippen LogP contribution in [-0.4, -0.2) is 47.2 Å². The highest BCUT2D eigenvalue weighted by Crippen LogP contribution is 2.43. The molecule has 3 aromatic rings. The Labute approximate surface area is 175 Å². The summed E-state index contributed by atoms with van der Waals surface area (Å²) in [6.45, 7) is 4.63. The molecule has 0 N–H and O–H groups in total. The van der Waals surface area contributed by atoms with Gasteiger partial charge in [0, 0.05) is 35.8 Å². The minimum atomic E-state index is -0.453. The number of fused-ring (bicyclic) bond motifs is 1. The highest BCUT2D eigenvalue weighted by molar-refractivity contribution is 9.10. The second-order valence-electron chi connectivity index (χ2n) is 7.03. The number of hydrogen-bond donors (Lipinski definition) is 0. The number of aryl methyl sites for hydroxylation is 1. The van der Waals surface area contributed by atoms with Crippen molar-refractivity contribution < 1.29 is 14.0 Å². The molecule has 0 radical (unpaired) electrons. The predicted molar refractivity (Wildman–Crippen MR) is 109 cm³/mol. The van der Waals surface area contributed by atoms with Gasteiger partial charge in [0.15, 0.2) is 11.6 Å². The number of rotatable bonds is 2. The van der Waals surface area contributed by atoms with Gasteiger partial charge in [0.25, 0.3) is 5.89 Å². The second kappa shape index (κ2) is 6.95. The van der Waals surface area contributed by atoms with Crippen LogP contribution in [0.4, 0.5) is 5.69 Å². The van der Waals surface area contributed by atoms with Crippen molar-refractivity contribution >= 4 is 44.1 Å². The van der Waals surface area contributed by atoms with Crippen molar-refractivity contribution in [1.82, 2.24) is 15.1 Å². The van der Waals surface area contributed by atoms with Gasteiger partial charge in [0.2, 0.25) is 0 Å². The van der Waals surface area contributed by atoms with Crippen molar-refractivity contribution in [3.63, 3.8) is 0 Å². The molecular formula is C19H18BrClN4O3. The largest absolute Gasteiger partial charge is 0.370 e. The predicted octanol–water partition coefficient (Wildman–Crippen LogP) is 4.35. The molecule has 0 atom stereocenters. The van der Waals surface area contributed by atoms with Crippen molar-refractivity contribution in [2.75, 3.05) is 31.2 Å². The zero-order valence-corrected chi connectivity index (χ0v) is 17.6. The number of hydrogen-bond acceptors (Lipinski definition) is 7. The summed E-state index contributed by atoms with van der Waals surface area (Å²) in [6.07, 6.45) is 1.56. The number of anilines is 1. The summed E-state index contributed by atoms with van der Waals surface area (Å²) in [5, 5.41) is 5.27.